The van der Waals surface area contributed by atoms with Gasteiger partial charge >= 0.3 is 36.1 Å². The molecule has 49 heavy (non-hydrogen) atoms. The number of carboxylic acids is 1. The Morgan fingerprint density at radius 1 is 0.653 bits per heavy atom. The number of carbonyl (C=O) groups is 6. The highest BCUT2D eigenvalue weighted by atomic mass is 16.7. The summed E-state index contributed by atoms with van der Waals surface area (Å²) in [7, 11) is 0. The summed E-state index contributed by atoms with van der Waals surface area (Å²) in [5.41, 5.74) is 1.49. The number of amides is 2. The summed E-state index contributed by atoms with van der Waals surface area (Å²) >= 11 is 0. The summed E-state index contributed by atoms with van der Waals surface area (Å²) in [5, 5.41) is 14.0. The number of ether oxygens (including phenoxy) is 5. The van der Waals surface area contributed by atoms with Gasteiger partial charge in [0.1, 0.15) is 25.3 Å². The molecule has 0 radical (unpaired) electrons. The van der Waals surface area contributed by atoms with Crippen LogP contribution in [0.25, 0.3) is 0 Å². The third kappa shape index (κ3) is 15.5. The van der Waals surface area contributed by atoms with Crippen LogP contribution in [0.2, 0.25) is 0 Å². The number of benzene rings is 2. The van der Waals surface area contributed by atoms with Gasteiger partial charge < -0.3 is 39.4 Å². The van der Waals surface area contributed by atoms with Crippen LogP contribution in [0, 0.1) is 11.8 Å². The van der Waals surface area contributed by atoms with E-state index in [-0.39, 0.29) is 25.6 Å². The van der Waals surface area contributed by atoms with Crippen molar-refractivity contribution in [2.24, 2.45) is 11.8 Å². The first-order valence-electron chi connectivity index (χ1n) is 16.2. The maximum absolute atomic E-state index is 13.3. The van der Waals surface area contributed by atoms with Crippen LogP contribution in [0.1, 0.15) is 70.9 Å². The Hall–Kier alpha value is -5.14. The van der Waals surface area contributed by atoms with Gasteiger partial charge in [0.15, 0.2) is 0 Å². The molecule has 0 fully saturated rings. The lowest BCUT2D eigenvalue weighted by molar-refractivity contribution is -0.193. The van der Waals surface area contributed by atoms with Gasteiger partial charge in [0.2, 0.25) is 0 Å². The molecule has 0 bridgehead atoms. The molecule has 14 nitrogen and oxygen atoms in total. The SMILES string of the molecule is CC[C@H](C)[C@H](NC(=O)OCc1ccccc1)C(=O)OCCC(OC(=O)CCC(=O)O)OC(=O)[C@@H](NC(=O)OCc1ccccc1)[C@@H](C)CC. The molecule has 0 saturated carbocycles. The number of alkyl carbamates (subject to hydrolysis) is 2. The average Bonchev–Trinajstić information content (AvgIpc) is 3.10. The molecule has 268 valence electrons. The highest BCUT2D eigenvalue weighted by Gasteiger charge is 2.32. The molecule has 14 heteroatoms. The molecule has 3 N–H and O–H groups in total. The average molecular weight is 687 g/mol. The molecule has 2 rings (SSSR count). The number of rotatable bonds is 20. The monoisotopic (exact) mass is 686 g/mol. The van der Waals surface area contributed by atoms with Crippen LogP contribution < -0.4 is 10.6 Å². The normalized spacial score (nSPS) is 13.7. The van der Waals surface area contributed by atoms with Gasteiger partial charge in [0, 0.05) is 0 Å². The van der Waals surface area contributed by atoms with E-state index in [4.69, 9.17) is 28.8 Å². The van der Waals surface area contributed by atoms with Gasteiger partial charge in [-0.2, -0.15) is 0 Å². The molecule has 0 aliphatic rings. The zero-order valence-electron chi connectivity index (χ0n) is 28.3. The number of hydrogen-bond acceptors (Lipinski definition) is 11. The molecule has 0 aliphatic heterocycles. The summed E-state index contributed by atoms with van der Waals surface area (Å²) in [6.45, 7) is 6.61. The van der Waals surface area contributed by atoms with Gasteiger partial charge in [-0.3, -0.25) is 9.59 Å². The zero-order valence-corrected chi connectivity index (χ0v) is 28.3. The van der Waals surface area contributed by atoms with Gasteiger partial charge in [0.05, 0.1) is 25.9 Å². The van der Waals surface area contributed by atoms with Crippen molar-refractivity contribution in [2.45, 2.75) is 91.4 Å². The fourth-order valence-corrected chi connectivity index (χ4v) is 4.23. The first kappa shape index (κ1) is 40.0. The number of hydrogen-bond donors (Lipinski definition) is 3. The lowest BCUT2D eigenvalue weighted by atomic mass is 9.99. The van der Waals surface area contributed by atoms with E-state index in [9.17, 15) is 28.8 Å². The van der Waals surface area contributed by atoms with Crippen LogP contribution in [0.15, 0.2) is 60.7 Å². The molecular weight excluding hydrogens is 640 g/mol. The van der Waals surface area contributed by atoms with E-state index in [0.717, 1.165) is 11.1 Å². The summed E-state index contributed by atoms with van der Waals surface area (Å²) in [5.74, 6) is -4.73. The predicted octanol–water partition coefficient (Wildman–Crippen LogP) is 4.88. The zero-order chi connectivity index (χ0) is 36.2. The summed E-state index contributed by atoms with van der Waals surface area (Å²) in [6.07, 6.45) is -3.68. The van der Waals surface area contributed by atoms with Crippen molar-refractivity contribution in [1.82, 2.24) is 10.6 Å². The predicted molar refractivity (Wildman–Crippen MR) is 174 cm³/mol. The Bertz CT molecular complexity index is 1350. The third-order valence-electron chi connectivity index (χ3n) is 7.56. The van der Waals surface area contributed by atoms with Gasteiger partial charge in [-0.05, 0) is 23.0 Å². The van der Waals surface area contributed by atoms with Crippen molar-refractivity contribution in [2.75, 3.05) is 6.61 Å². The first-order valence-corrected chi connectivity index (χ1v) is 16.2. The lowest BCUT2D eigenvalue weighted by Gasteiger charge is -2.26. The van der Waals surface area contributed by atoms with Crippen molar-refractivity contribution in [3.05, 3.63) is 71.8 Å². The number of aliphatic carboxylic acids is 1. The Morgan fingerprint density at radius 2 is 1.12 bits per heavy atom. The van der Waals surface area contributed by atoms with Gasteiger partial charge in [0.25, 0.3) is 6.29 Å². The van der Waals surface area contributed by atoms with Crippen LogP contribution >= 0.6 is 0 Å². The first-order chi connectivity index (χ1) is 23.4. The van der Waals surface area contributed by atoms with Crippen molar-refractivity contribution >= 4 is 36.1 Å². The van der Waals surface area contributed by atoms with Crippen LogP contribution in [-0.4, -0.2) is 66.2 Å². The molecule has 0 aliphatic carbocycles. The van der Waals surface area contributed by atoms with Gasteiger partial charge in [-0.25, -0.2) is 19.2 Å². The van der Waals surface area contributed by atoms with E-state index in [1.807, 2.05) is 19.1 Å². The molecule has 2 amide bonds. The fraction of sp³-hybridized carbons (Fsp3) is 0.486. The number of carbonyl (C=O) groups excluding carboxylic acids is 5. The van der Waals surface area contributed by atoms with E-state index in [1.165, 1.54) is 0 Å². The topological polar surface area (TPSA) is 193 Å². The van der Waals surface area contributed by atoms with Crippen LogP contribution in [0.4, 0.5) is 9.59 Å². The van der Waals surface area contributed by atoms with E-state index in [2.05, 4.69) is 10.6 Å². The molecule has 0 heterocycles. The molecule has 5 atom stereocenters. The van der Waals surface area contributed by atoms with Crippen LogP contribution in [-0.2, 0) is 56.1 Å². The minimum absolute atomic E-state index is 0.00745. The Kier molecular flexibility index (Phi) is 17.7. The fourth-order valence-electron chi connectivity index (χ4n) is 4.23. The quantitative estimate of drug-likeness (QED) is 0.0973. The van der Waals surface area contributed by atoms with E-state index in [0.29, 0.717) is 12.8 Å². The Labute approximate surface area is 285 Å². The van der Waals surface area contributed by atoms with E-state index < -0.39 is 79.8 Å². The molecule has 0 spiro atoms. The van der Waals surface area contributed by atoms with E-state index >= 15 is 0 Å². The lowest BCUT2D eigenvalue weighted by Crippen LogP contribution is -2.47. The summed E-state index contributed by atoms with van der Waals surface area (Å²) in [4.78, 5) is 74.7. The van der Waals surface area contributed by atoms with Crippen LogP contribution in [0.5, 0.6) is 0 Å². The largest absolute Gasteiger partial charge is 0.481 e. The second kappa shape index (κ2) is 21.7. The van der Waals surface area contributed by atoms with Gasteiger partial charge in [-0.1, -0.05) is 101 Å². The second-order valence-electron chi connectivity index (χ2n) is 11.3. The molecule has 2 aromatic carbocycles. The maximum atomic E-state index is 13.3. The molecule has 0 saturated heterocycles. The standard InChI is InChI=1S/C35H46N2O12/c1-5-23(3)30(36-34(43)46-21-25-13-9-7-10-14-25)32(41)45-20-19-29(48-28(40)18-17-27(38)39)49-33(42)31(24(4)6-2)37-35(44)47-22-26-15-11-8-12-16-26/h7-16,23-24,29-31H,5-6,17-22H2,1-4H3,(H,36,43)(H,37,44)(H,38,39)/t23-,24-,29?,30-,31-/m0/s1. The second-order valence-corrected chi connectivity index (χ2v) is 11.3. The van der Waals surface area contributed by atoms with Crippen molar-refractivity contribution in [3.63, 3.8) is 0 Å². The highest BCUT2D eigenvalue weighted by Crippen LogP contribution is 2.16. The smallest absolute Gasteiger partial charge is 0.408 e. The molecule has 1 unspecified atom stereocenters. The molecule has 0 aromatic heterocycles. The Morgan fingerprint density at radius 3 is 1.57 bits per heavy atom. The number of nitrogens with one attached hydrogen (secondary N) is 2. The van der Waals surface area contributed by atoms with Gasteiger partial charge in [-0.15, -0.1) is 0 Å². The minimum atomic E-state index is -1.60. The van der Waals surface area contributed by atoms with Crippen molar-refractivity contribution in [1.29, 1.82) is 0 Å². The number of carboxylic acid groups (broad SMARTS) is 1. The molecule has 2 aromatic rings. The highest BCUT2D eigenvalue weighted by molar-refractivity contribution is 5.82. The van der Waals surface area contributed by atoms with Crippen molar-refractivity contribution in [3.8, 4) is 0 Å². The molecular formula is C35H46N2O12. The summed E-state index contributed by atoms with van der Waals surface area (Å²) < 4.78 is 26.5. The third-order valence-corrected chi connectivity index (χ3v) is 7.56. The number of esters is 3. The van der Waals surface area contributed by atoms with Crippen molar-refractivity contribution < 1.29 is 57.6 Å². The maximum Gasteiger partial charge on any atom is 0.408 e. The Balaban J connectivity index is 2.06. The summed E-state index contributed by atoms with van der Waals surface area (Å²) in [6, 6.07) is 15.6. The van der Waals surface area contributed by atoms with Crippen LogP contribution in [0.3, 0.4) is 0 Å². The minimum Gasteiger partial charge on any atom is -0.481 e. The van der Waals surface area contributed by atoms with E-state index in [1.54, 1.807) is 69.3 Å².